The van der Waals surface area contributed by atoms with Crippen LogP contribution in [0.1, 0.15) is 49.7 Å². The van der Waals surface area contributed by atoms with Crippen LogP contribution in [-0.2, 0) is 16.7 Å². The van der Waals surface area contributed by atoms with Crippen molar-refractivity contribution in [3.8, 4) is 0 Å². The summed E-state index contributed by atoms with van der Waals surface area (Å²) >= 11 is 1.80. The van der Waals surface area contributed by atoms with Crippen LogP contribution in [0.5, 0.6) is 0 Å². The van der Waals surface area contributed by atoms with Gasteiger partial charge < -0.3 is 4.74 Å². The second kappa shape index (κ2) is 8.17. The van der Waals surface area contributed by atoms with Gasteiger partial charge in [-0.1, -0.05) is 6.07 Å². The quantitative estimate of drug-likeness (QED) is 0.538. The smallest absolute Gasteiger partial charge is 0.193 e. The van der Waals surface area contributed by atoms with Gasteiger partial charge in [-0.3, -0.25) is 14.3 Å². The average Bonchev–Trinajstić information content (AvgIpc) is 3.40. The lowest BCUT2D eigenvalue weighted by Crippen LogP contribution is -2.42. The van der Waals surface area contributed by atoms with E-state index in [4.69, 9.17) is 4.74 Å². The Hall–Kier alpha value is -1.76. The second-order valence-corrected chi connectivity index (χ2v) is 9.96. The van der Waals surface area contributed by atoms with E-state index in [2.05, 4.69) is 58.4 Å². The lowest BCUT2D eigenvalue weighted by molar-refractivity contribution is 0.0386. The average molecular weight is 413 g/mol. The molecule has 0 aromatic carbocycles. The number of nitrogens with zero attached hydrogens (tertiary/aromatic N) is 4. The van der Waals surface area contributed by atoms with Crippen molar-refractivity contribution < 1.29 is 4.74 Å². The molecule has 4 heterocycles. The number of rotatable bonds is 8. The van der Waals surface area contributed by atoms with E-state index in [1.807, 2.05) is 25.5 Å². The molecule has 0 radical (unpaired) electrons. The van der Waals surface area contributed by atoms with Gasteiger partial charge in [0.2, 0.25) is 0 Å². The van der Waals surface area contributed by atoms with Crippen LogP contribution < -0.4 is 0 Å². The van der Waals surface area contributed by atoms with Gasteiger partial charge in [-0.15, -0.1) is 11.3 Å². The van der Waals surface area contributed by atoms with Crippen LogP contribution in [0.4, 0.5) is 0 Å². The molecule has 4 rings (SSSR count). The molecular weight excluding hydrogens is 380 g/mol. The van der Waals surface area contributed by atoms with Crippen molar-refractivity contribution in [3.63, 3.8) is 0 Å². The summed E-state index contributed by atoms with van der Waals surface area (Å²) in [5.41, 5.74) is 2.53. The Balaban J connectivity index is 1.49. The normalized spacial score (nSPS) is 20.7. The zero-order valence-electron chi connectivity index (χ0n) is 18.0. The first-order valence-corrected chi connectivity index (χ1v) is 11.4. The molecule has 0 spiro atoms. The first-order chi connectivity index (χ1) is 13.9. The molecule has 1 atom stereocenters. The van der Waals surface area contributed by atoms with Crippen molar-refractivity contribution in [2.45, 2.75) is 52.5 Å². The first kappa shape index (κ1) is 20.5. The molecule has 1 aliphatic rings. The summed E-state index contributed by atoms with van der Waals surface area (Å²) < 4.78 is 8.11. The molecule has 5 nitrogen and oxygen atoms in total. The maximum atomic E-state index is 5.98. The van der Waals surface area contributed by atoms with E-state index in [0.29, 0.717) is 0 Å². The van der Waals surface area contributed by atoms with Gasteiger partial charge in [-0.2, -0.15) is 0 Å². The van der Waals surface area contributed by atoms with E-state index in [9.17, 15) is 0 Å². The van der Waals surface area contributed by atoms with Gasteiger partial charge in [0.1, 0.15) is 0 Å². The summed E-state index contributed by atoms with van der Waals surface area (Å²) in [6, 6.07) is 4.35. The summed E-state index contributed by atoms with van der Waals surface area (Å²) in [5, 5.41) is 0. The van der Waals surface area contributed by atoms with Gasteiger partial charge in [0.05, 0.1) is 6.61 Å². The van der Waals surface area contributed by atoms with E-state index in [-0.39, 0.29) is 11.0 Å². The molecular formula is C23H32N4OS. The number of likely N-dealkylation sites (tertiary alicyclic amines) is 1. The molecule has 0 amide bonds. The molecule has 29 heavy (non-hydrogen) atoms. The lowest BCUT2D eigenvalue weighted by atomic mass is 9.82. The first-order valence-electron chi connectivity index (χ1n) is 10.6. The number of pyridine rings is 1. The van der Waals surface area contributed by atoms with Crippen molar-refractivity contribution in [1.82, 2.24) is 19.3 Å². The summed E-state index contributed by atoms with van der Waals surface area (Å²) in [4.78, 5) is 14.1. The highest BCUT2D eigenvalue weighted by atomic mass is 32.1. The Morgan fingerprint density at radius 2 is 2.14 bits per heavy atom. The number of imidazole rings is 1. The molecule has 6 heteroatoms. The second-order valence-electron chi connectivity index (χ2n) is 8.87. The Morgan fingerprint density at radius 1 is 1.28 bits per heavy atom. The van der Waals surface area contributed by atoms with Crippen molar-refractivity contribution in [1.29, 1.82) is 0 Å². The molecule has 0 saturated carbocycles. The Morgan fingerprint density at radius 3 is 2.86 bits per heavy atom. The van der Waals surface area contributed by atoms with Crippen LogP contribution in [0.25, 0.3) is 4.96 Å². The predicted octanol–water partition coefficient (Wildman–Crippen LogP) is 4.70. The van der Waals surface area contributed by atoms with E-state index in [0.717, 1.165) is 49.8 Å². The highest BCUT2D eigenvalue weighted by Gasteiger charge is 2.43. The molecule has 0 bridgehead atoms. The molecule has 3 aromatic heterocycles. The van der Waals surface area contributed by atoms with Crippen molar-refractivity contribution in [3.05, 3.63) is 53.1 Å². The molecule has 1 fully saturated rings. The number of thiazole rings is 1. The predicted molar refractivity (Wildman–Crippen MR) is 119 cm³/mol. The number of ether oxygens (including phenoxy) is 1. The number of hydrogen-bond donors (Lipinski definition) is 0. The van der Waals surface area contributed by atoms with Crippen LogP contribution in [-0.4, -0.2) is 45.6 Å². The number of aryl methyl sites for hydroxylation is 2. The van der Waals surface area contributed by atoms with Gasteiger partial charge in [-0.25, -0.2) is 4.98 Å². The van der Waals surface area contributed by atoms with Gasteiger partial charge in [0.25, 0.3) is 0 Å². The van der Waals surface area contributed by atoms with Crippen molar-refractivity contribution >= 4 is 16.3 Å². The monoisotopic (exact) mass is 412 g/mol. The van der Waals surface area contributed by atoms with Crippen LogP contribution in [0.2, 0.25) is 0 Å². The highest BCUT2D eigenvalue weighted by molar-refractivity contribution is 7.17. The van der Waals surface area contributed by atoms with Crippen LogP contribution >= 0.6 is 11.3 Å². The minimum atomic E-state index is -0.0295. The van der Waals surface area contributed by atoms with Crippen LogP contribution in [0, 0.1) is 12.3 Å². The van der Waals surface area contributed by atoms with E-state index < -0.39 is 0 Å². The van der Waals surface area contributed by atoms with E-state index in [1.165, 1.54) is 16.9 Å². The fourth-order valence-electron chi connectivity index (χ4n) is 4.42. The molecule has 1 aliphatic heterocycles. The Bertz CT molecular complexity index is 917. The van der Waals surface area contributed by atoms with Crippen LogP contribution in [0.3, 0.4) is 0 Å². The van der Waals surface area contributed by atoms with Gasteiger partial charge >= 0.3 is 0 Å². The zero-order chi connectivity index (χ0) is 20.5. The van der Waals surface area contributed by atoms with Gasteiger partial charge in [-0.05, 0) is 65.1 Å². The number of aromatic nitrogens is 3. The highest BCUT2D eigenvalue weighted by Crippen LogP contribution is 2.42. The fraction of sp³-hybridized carbons (Fsp3) is 0.565. The molecule has 1 saturated heterocycles. The largest absolute Gasteiger partial charge is 0.381 e. The number of hydrogen-bond acceptors (Lipinski definition) is 5. The van der Waals surface area contributed by atoms with Gasteiger partial charge in [0.15, 0.2) is 4.96 Å². The standard InChI is InChI=1S/C23H32N4OS/c1-5-28-17-23(9-8-20-15-26-13-11-24-21(26)29-20)10-12-27(16-23)22(3,4)19-7-6-18(2)25-14-19/h6-7,11,13-15H,5,8-10,12,16-17H2,1-4H3/t23-/m1/s1. The third kappa shape index (κ3) is 4.25. The fourth-order valence-corrected chi connectivity index (χ4v) is 5.35. The van der Waals surface area contributed by atoms with Gasteiger partial charge in [0, 0.05) is 59.5 Å². The molecule has 156 valence electrons. The molecule has 0 N–H and O–H groups in total. The topological polar surface area (TPSA) is 42.7 Å². The third-order valence-corrected chi connectivity index (χ3v) is 7.57. The molecule has 0 aliphatic carbocycles. The summed E-state index contributed by atoms with van der Waals surface area (Å²) in [7, 11) is 0. The van der Waals surface area contributed by atoms with Crippen molar-refractivity contribution in [2.24, 2.45) is 5.41 Å². The maximum absolute atomic E-state index is 5.98. The maximum Gasteiger partial charge on any atom is 0.193 e. The SMILES string of the molecule is CCOC[C@]1(CCc2cn3ccnc3s2)CCN(C(C)(C)c2ccc(C)nc2)C1. The molecule has 3 aromatic rings. The minimum absolute atomic E-state index is 0.0295. The third-order valence-electron chi connectivity index (χ3n) is 6.50. The lowest BCUT2D eigenvalue weighted by Gasteiger charge is -2.38. The Labute approximate surface area is 177 Å². The van der Waals surface area contributed by atoms with E-state index in [1.54, 1.807) is 11.3 Å². The van der Waals surface area contributed by atoms with Crippen LogP contribution in [0.15, 0.2) is 36.9 Å². The van der Waals surface area contributed by atoms with E-state index >= 15 is 0 Å². The summed E-state index contributed by atoms with van der Waals surface area (Å²) in [5.74, 6) is 0. The number of fused-ring (bicyclic) bond motifs is 1. The Kier molecular flexibility index (Phi) is 5.78. The minimum Gasteiger partial charge on any atom is -0.381 e. The molecule has 0 unspecified atom stereocenters. The summed E-state index contributed by atoms with van der Waals surface area (Å²) in [6.45, 7) is 12.6. The van der Waals surface area contributed by atoms with Crippen molar-refractivity contribution in [2.75, 3.05) is 26.3 Å². The summed E-state index contributed by atoms with van der Waals surface area (Å²) in [6.07, 6.45) is 11.6. The zero-order valence-corrected chi connectivity index (χ0v) is 18.8.